The number of pyridine rings is 1. The van der Waals surface area contributed by atoms with E-state index in [1.807, 2.05) is 17.6 Å². The Hall–Kier alpha value is -1.33. The summed E-state index contributed by atoms with van der Waals surface area (Å²) >= 11 is 9.35. The number of carbonyl (C=O) groups is 1. The van der Waals surface area contributed by atoms with Crippen molar-refractivity contribution in [3.05, 3.63) is 45.3 Å². The Balaban J connectivity index is 2.21. The fourth-order valence-corrected chi connectivity index (χ4v) is 2.32. The van der Waals surface area contributed by atoms with Crippen molar-refractivity contribution in [1.29, 1.82) is 0 Å². The van der Waals surface area contributed by atoms with E-state index in [0.717, 1.165) is 23.0 Å². The van der Waals surface area contributed by atoms with Crippen LogP contribution in [0.5, 0.6) is 0 Å². The van der Waals surface area contributed by atoms with E-state index in [1.165, 1.54) is 0 Å². The normalized spacial score (nSPS) is 10.6. The maximum absolute atomic E-state index is 12.3. The van der Waals surface area contributed by atoms with E-state index in [0.29, 0.717) is 16.5 Å². The number of amides is 1. The highest BCUT2D eigenvalue weighted by atomic mass is 79.9. The number of aromatic nitrogens is 2. The van der Waals surface area contributed by atoms with Gasteiger partial charge in [0.15, 0.2) is 0 Å². The van der Waals surface area contributed by atoms with Gasteiger partial charge in [0.1, 0.15) is 11.5 Å². The van der Waals surface area contributed by atoms with E-state index in [-0.39, 0.29) is 5.91 Å². The van der Waals surface area contributed by atoms with Crippen LogP contribution >= 0.6 is 27.5 Å². The standard InChI is InChI=1S/C14H15BrClN3O/c1-3-4-19-8-10(16)6-12(19)14(20)18-13-5-9(2)11(15)7-17-13/h5-8H,3-4H2,1-2H3,(H,17,18,20). The second-order valence-electron chi connectivity index (χ2n) is 4.51. The molecule has 2 rings (SSSR count). The molecular weight excluding hydrogens is 342 g/mol. The number of hydrogen-bond acceptors (Lipinski definition) is 2. The summed E-state index contributed by atoms with van der Waals surface area (Å²) in [5.41, 5.74) is 1.55. The highest BCUT2D eigenvalue weighted by molar-refractivity contribution is 9.10. The Bertz CT molecular complexity index is 639. The van der Waals surface area contributed by atoms with Crippen LogP contribution < -0.4 is 5.32 Å². The molecule has 0 aliphatic carbocycles. The van der Waals surface area contributed by atoms with Crippen LogP contribution in [0.15, 0.2) is 29.0 Å². The summed E-state index contributed by atoms with van der Waals surface area (Å²) in [6, 6.07) is 3.48. The maximum Gasteiger partial charge on any atom is 0.273 e. The Morgan fingerprint density at radius 2 is 2.25 bits per heavy atom. The van der Waals surface area contributed by atoms with E-state index < -0.39 is 0 Å². The van der Waals surface area contributed by atoms with Crippen LogP contribution in [0, 0.1) is 6.92 Å². The molecule has 106 valence electrons. The second kappa shape index (κ2) is 6.41. The average Bonchev–Trinajstić information content (AvgIpc) is 2.75. The Kier molecular flexibility index (Phi) is 4.83. The monoisotopic (exact) mass is 355 g/mol. The van der Waals surface area contributed by atoms with Crippen LogP contribution in [0.25, 0.3) is 0 Å². The molecule has 0 aromatic carbocycles. The lowest BCUT2D eigenvalue weighted by atomic mass is 10.3. The van der Waals surface area contributed by atoms with Crippen molar-refractivity contribution < 1.29 is 4.79 Å². The topological polar surface area (TPSA) is 46.9 Å². The summed E-state index contributed by atoms with van der Waals surface area (Å²) in [5, 5.41) is 3.35. The van der Waals surface area contributed by atoms with Gasteiger partial charge >= 0.3 is 0 Å². The molecule has 0 atom stereocenters. The van der Waals surface area contributed by atoms with Crippen LogP contribution in [0.1, 0.15) is 29.4 Å². The van der Waals surface area contributed by atoms with Gasteiger partial charge in [-0.1, -0.05) is 18.5 Å². The summed E-state index contributed by atoms with van der Waals surface area (Å²) in [7, 11) is 0. The zero-order chi connectivity index (χ0) is 14.7. The maximum atomic E-state index is 12.3. The molecule has 0 spiro atoms. The highest BCUT2D eigenvalue weighted by Crippen LogP contribution is 2.19. The van der Waals surface area contributed by atoms with Crippen molar-refractivity contribution >= 4 is 39.3 Å². The highest BCUT2D eigenvalue weighted by Gasteiger charge is 2.14. The molecular formula is C14H15BrClN3O. The van der Waals surface area contributed by atoms with Gasteiger partial charge < -0.3 is 9.88 Å². The Labute approximate surface area is 131 Å². The Morgan fingerprint density at radius 1 is 1.50 bits per heavy atom. The van der Waals surface area contributed by atoms with Gasteiger partial charge in [-0.3, -0.25) is 4.79 Å². The molecule has 0 fully saturated rings. The predicted octanol–water partition coefficient (Wildman–Crippen LogP) is 4.27. The smallest absolute Gasteiger partial charge is 0.273 e. The Morgan fingerprint density at radius 3 is 2.90 bits per heavy atom. The quantitative estimate of drug-likeness (QED) is 0.889. The summed E-state index contributed by atoms with van der Waals surface area (Å²) in [6.45, 7) is 4.75. The fraction of sp³-hybridized carbons (Fsp3) is 0.286. The first kappa shape index (κ1) is 15.1. The molecule has 0 aliphatic heterocycles. The van der Waals surface area contributed by atoms with E-state index in [4.69, 9.17) is 11.6 Å². The minimum Gasteiger partial charge on any atom is -0.342 e. The average molecular weight is 357 g/mol. The van der Waals surface area contributed by atoms with E-state index >= 15 is 0 Å². The molecule has 0 radical (unpaired) electrons. The first-order valence-electron chi connectivity index (χ1n) is 6.30. The van der Waals surface area contributed by atoms with Crippen molar-refractivity contribution in [1.82, 2.24) is 9.55 Å². The molecule has 2 aromatic heterocycles. The lowest BCUT2D eigenvalue weighted by Gasteiger charge is -2.09. The molecule has 2 aromatic rings. The molecule has 0 aliphatic rings. The molecule has 2 heterocycles. The fourth-order valence-electron chi connectivity index (χ4n) is 1.88. The van der Waals surface area contributed by atoms with Crippen LogP contribution in [-0.2, 0) is 6.54 Å². The largest absolute Gasteiger partial charge is 0.342 e. The van der Waals surface area contributed by atoms with Crippen molar-refractivity contribution in [3.8, 4) is 0 Å². The summed E-state index contributed by atoms with van der Waals surface area (Å²) in [5.74, 6) is 0.315. The number of hydrogen-bond donors (Lipinski definition) is 1. The molecule has 1 N–H and O–H groups in total. The molecule has 20 heavy (non-hydrogen) atoms. The lowest BCUT2D eigenvalue weighted by Crippen LogP contribution is -2.17. The minimum atomic E-state index is -0.209. The third kappa shape index (κ3) is 3.41. The van der Waals surface area contributed by atoms with E-state index in [1.54, 1.807) is 18.5 Å². The van der Waals surface area contributed by atoms with Gasteiger partial charge in [0.2, 0.25) is 0 Å². The number of rotatable bonds is 4. The molecule has 1 amide bonds. The van der Waals surface area contributed by atoms with Crippen LogP contribution in [0.3, 0.4) is 0 Å². The third-order valence-corrected chi connectivity index (χ3v) is 3.89. The van der Waals surface area contributed by atoms with Gasteiger partial charge in [-0.05, 0) is 47.0 Å². The van der Waals surface area contributed by atoms with Gasteiger partial charge in [-0.25, -0.2) is 4.98 Å². The van der Waals surface area contributed by atoms with Crippen LogP contribution in [0.4, 0.5) is 5.82 Å². The van der Waals surface area contributed by atoms with Crippen LogP contribution in [-0.4, -0.2) is 15.5 Å². The van der Waals surface area contributed by atoms with E-state index in [2.05, 4.69) is 33.2 Å². The second-order valence-corrected chi connectivity index (χ2v) is 5.80. The van der Waals surface area contributed by atoms with Crippen molar-refractivity contribution in [3.63, 3.8) is 0 Å². The number of anilines is 1. The first-order valence-corrected chi connectivity index (χ1v) is 7.47. The molecule has 0 saturated heterocycles. The van der Waals surface area contributed by atoms with Gasteiger partial charge in [-0.15, -0.1) is 0 Å². The molecule has 0 saturated carbocycles. The minimum absolute atomic E-state index is 0.209. The zero-order valence-corrected chi connectivity index (χ0v) is 13.6. The number of nitrogens with zero attached hydrogens (tertiary/aromatic N) is 2. The van der Waals surface area contributed by atoms with Gasteiger partial charge in [-0.2, -0.15) is 0 Å². The number of halogens is 2. The number of nitrogens with one attached hydrogen (secondary N) is 1. The number of carbonyl (C=O) groups excluding carboxylic acids is 1. The molecule has 6 heteroatoms. The predicted molar refractivity (Wildman–Crippen MR) is 84.4 cm³/mol. The summed E-state index contributed by atoms with van der Waals surface area (Å²) < 4.78 is 2.76. The SMILES string of the molecule is CCCn1cc(Cl)cc1C(=O)Nc1cc(C)c(Br)cn1. The zero-order valence-electron chi connectivity index (χ0n) is 11.3. The first-order chi connectivity index (χ1) is 9.51. The van der Waals surface area contributed by atoms with Gasteiger partial charge in [0.25, 0.3) is 5.91 Å². The van der Waals surface area contributed by atoms with Crippen molar-refractivity contribution in [2.75, 3.05) is 5.32 Å². The van der Waals surface area contributed by atoms with E-state index in [9.17, 15) is 4.79 Å². The molecule has 4 nitrogen and oxygen atoms in total. The van der Waals surface area contributed by atoms with Crippen LogP contribution in [0.2, 0.25) is 5.02 Å². The molecule has 0 bridgehead atoms. The third-order valence-electron chi connectivity index (χ3n) is 2.85. The summed E-state index contributed by atoms with van der Waals surface area (Å²) in [6.07, 6.45) is 4.37. The van der Waals surface area contributed by atoms with Crippen molar-refractivity contribution in [2.24, 2.45) is 0 Å². The summed E-state index contributed by atoms with van der Waals surface area (Å²) in [4.78, 5) is 16.4. The van der Waals surface area contributed by atoms with Gasteiger partial charge in [0, 0.05) is 23.4 Å². The van der Waals surface area contributed by atoms with Gasteiger partial charge in [0.05, 0.1) is 5.02 Å². The molecule has 0 unspecified atom stereocenters. The van der Waals surface area contributed by atoms with Crippen molar-refractivity contribution in [2.45, 2.75) is 26.8 Å². The lowest BCUT2D eigenvalue weighted by molar-refractivity contribution is 0.101. The number of aryl methyl sites for hydroxylation is 2.